The number of carbonyl (C=O) groups is 19. The molecule has 5 rings (SSSR count). The Morgan fingerprint density at radius 3 is 0.986 bits per heavy atom. The molecule has 0 radical (unpaired) electrons. The molecule has 138 heavy (non-hydrogen) atoms. The summed E-state index contributed by atoms with van der Waals surface area (Å²) in [6.07, 6.45) is -9.19. The highest BCUT2D eigenvalue weighted by molar-refractivity contribution is 7.58. The van der Waals surface area contributed by atoms with E-state index in [2.05, 4.69) is 85.1 Å². The van der Waals surface area contributed by atoms with Crippen LogP contribution in [0.2, 0.25) is 0 Å². The van der Waals surface area contributed by atoms with Crippen LogP contribution < -0.4 is 96.5 Å². The van der Waals surface area contributed by atoms with Gasteiger partial charge in [0.2, 0.25) is 105 Å². The lowest BCUT2D eigenvalue weighted by Crippen LogP contribution is -2.58. The molecule has 3 fully saturated rings. The highest BCUT2D eigenvalue weighted by Crippen LogP contribution is 2.45. The maximum absolute atomic E-state index is 14.2. The smallest absolute Gasteiger partial charge is 0.326 e. The van der Waals surface area contributed by atoms with Crippen molar-refractivity contribution < 1.29 is 140 Å². The van der Waals surface area contributed by atoms with E-state index in [0.29, 0.717) is 11.1 Å². The van der Waals surface area contributed by atoms with Crippen LogP contribution in [0.4, 0.5) is 0 Å². The molecule has 14 amide bonds. The first-order chi connectivity index (χ1) is 65.1. The molecule has 0 saturated carbocycles. The molecule has 3 aliphatic heterocycles. The van der Waals surface area contributed by atoms with E-state index in [4.69, 9.17) is 22.3 Å². The van der Waals surface area contributed by atoms with Crippen LogP contribution in [0, 0.1) is 10.8 Å². The lowest BCUT2D eigenvalue weighted by atomic mass is 10.0. The van der Waals surface area contributed by atoms with Gasteiger partial charge in [0, 0.05) is 129 Å². The van der Waals surface area contributed by atoms with Crippen LogP contribution in [-0.4, -0.2) is 350 Å². The average molecular weight is 2010 g/mol. The first kappa shape index (κ1) is 116. The fourth-order valence-electron chi connectivity index (χ4n) is 14.5. The quantitative estimate of drug-likeness (QED) is 0.0127. The van der Waals surface area contributed by atoms with Gasteiger partial charge in [0.1, 0.15) is 66.2 Å². The number of carboxylic acid groups (broad SMARTS) is 4. The Morgan fingerprint density at radius 2 is 0.674 bits per heavy atom. The summed E-state index contributed by atoms with van der Waals surface area (Å²) in [6, 6.07) is 1.12. The van der Waals surface area contributed by atoms with Crippen LogP contribution in [-0.2, 0) is 118 Å². The van der Waals surface area contributed by atoms with Gasteiger partial charge in [0.25, 0.3) is 0 Å². The Hall–Kier alpha value is -12.4. The predicted octanol–water partition coefficient (Wildman–Crippen LogP) is -6.28. The van der Waals surface area contributed by atoms with Crippen LogP contribution in [0.5, 0.6) is 0 Å². The van der Waals surface area contributed by atoms with Gasteiger partial charge in [-0.1, -0.05) is 60.7 Å². The average Bonchev–Trinajstić information content (AvgIpc) is 0.949. The van der Waals surface area contributed by atoms with E-state index in [0.717, 1.165) is 0 Å². The van der Waals surface area contributed by atoms with Crippen molar-refractivity contribution in [2.75, 3.05) is 116 Å². The first-order valence-electron chi connectivity index (χ1n) is 44.9. The van der Waals surface area contributed by atoms with Crippen molar-refractivity contribution >= 4 is 146 Å². The van der Waals surface area contributed by atoms with Gasteiger partial charge in [-0.25, -0.2) is 9.59 Å². The summed E-state index contributed by atoms with van der Waals surface area (Å²) in [5.74, 6) is -20.2. The normalized spacial score (nSPS) is 21.3. The molecule has 0 bridgehead atoms. The summed E-state index contributed by atoms with van der Waals surface area (Å²) < 4.78 is 41.5. The number of carboxylic acids is 4. The summed E-state index contributed by atoms with van der Waals surface area (Å²) in [5.41, 5.74) is 11.9. The molecule has 2 aromatic rings. The number of carbonyl (C=O) groups excluding carboxylic acids is 15. The van der Waals surface area contributed by atoms with Gasteiger partial charge in [-0.05, 0) is 95.1 Å². The number of unbranched alkanes of at least 4 members (excludes halogenated alkanes) is 2. The lowest BCUT2D eigenvalue weighted by Gasteiger charge is -2.28. The molecule has 13 atom stereocenters. The second kappa shape index (κ2) is 59.6. The molecule has 2 aromatic carbocycles. The van der Waals surface area contributed by atoms with Crippen LogP contribution >= 0.6 is 22.1 Å². The number of hydrogen-bond donors (Lipinski definition) is 27. The largest absolute Gasteiger partial charge is 0.481 e. The molecule has 0 aliphatic carbocycles. The number of rotatable bonds is 51. The van der Waals surface area contributed by atoms with E-state index < -0.39 is 291 Å². The maximum Gasteiger partial charge on any atom is 0.326 e. The van der Waals surface area contributed by atoms with Gasteiger partial charge in [-0.2, -0.15) is 0 Å². The van der Waals surface area contributed by atoms with Crippen LogP contribution in [0.3, 0.4) is 0 Å². The van der Waals surface area contributed by atoms with Crippen LogP contribution in [0.25, 0.3) is 0 Å². The summed E-state index contributed by atoms with van der Waals surface area (Å²) >= 11 is 0. The van der Waals surface area contributed by atoms with Gasteiger partial charge in [-0.3, -0.25) is 116 Å². The zero-order valence-corrected chi connectivity index (χ0v) is 79.3. The molecular weight excluding hydrogens is 1880 g/mol. The Balaban J connectivity index is 1.16. The van der Waals surface area contributed by atoms with E-state index in [1.54, 1.807) is 60.7 Å². The number of aliphatic carboxylic acids is 4. The fraction of sp³-hybridized carbons (Fsp3) is 0.602. The number of nitrogens with one attached hydrogen (secondary N) is 18. The third kappa shape index (κ3) is 47.6. The van der Waals surface area contributed by atoms with Crippen molar-refractivity contribution in [1.29, 1.82) is 10.8 Å². The highest BCUT2D eigenvalue weighted by Gasteiger charge is 2.39. The van der Waals surface area contributed by atoms with E-state index in [1.165, 1.54) is 21.6 Å². The minimum absolute atomic E-state index is 0.0247. The first-order valence-corrected chi connectivity index (χ1v) is 51.0. The minimum atomic E-state index is -4.41. The Bertz CT molecular complexity index is 4470. The lowest BCUT2D eigenvalue weighted by molar-refractivity contribution is -0.142. The molecular formula is C83H130N23O29P3. The van der Waals surface area contributed by atoms with E-state index in [9.17, 15) is 140 Å². The van der Waals surface area contributed by atoms with Crippen molar-refractivity contribution in [3.8, 4) is 0 Å². The molecule has 3 aliphatic rings. The number of guanidine groups is 2. The van der Waals surface area contributed by atoms with Crippen molar-refractivity contribution in [2.24, 2.45) is 11.5 Å². The van der Waals surface area contributed by atoms with Gasteiger partial charge >= 0.3 is 23.9 Å². The van der Waals surface area contributed by atoms with Crippen molar-refractivity contribution in [1.82, 2.24) is 99.8 Å². The predicted molar refractivity (Wildman–Crippen MR) is 494 cm³/mol. The number of hydrogen-bond acceptors (Lipinski definition) is 27. The summed E-state index contributed by atoms with van der Waals surface area (Å²) in [6.45, 7) is -0.669. The molecule has 766 valence electrons. The van der Waals surface area contributed by atoms with Crippen LogP contribution in [0.1, 0.15) is 140 Å². The van der Waals surface area contributed by atoms with Crippen molar-refractivity contribution in [3.05, 3.63) is 71.8 Å². The molecule has 3 heterocycles. The summed E-state index contributed by atoms with van der Waals surface area (Å²) in [7, 11) is -12.9. The van der Waals surface area contributed by atoms with Gasteiger partial charge in [-0.15, -0.1) is 0 Å². The summed E-state index contributed by atoms with van der Waals surface area (Å²) in [4.78, 5) is 289. The fourth-order valence-corrected chi connectivity index (χ4v) is 19.5. The number of amides is 14. The monoisotopic (exact) mass is 2010 g/mol. The van der Waals surface area contributed by atoms with Gasteiger partial charge in [0.15, 0.2) is 11.9 Å². The zero-order valence-electron chi connectivity index (χ0n) is 76.6. The number of ketones is 1. The minimum Gasteiger partial charge on any atom is -0.481 e. The van der Waals surface area contributed by atoms with Crippen molar-refractivity contribution in [3.63, 3.8) is 0 Å². The second-order valence-corrected chi connectivity index (χ2v) is 41.0. The molecule has 52 nitrogen and oxygen atoms in total. The third-order valence-corrected chi connectivity index (χ3v) is 27.3. The van der Waals surface area contributed by atoms with Crippen LogP contribution in [0.15, 0.2) is 60.7 Å². The molecule has 29 N–H and O–H groups in total. The zero-order chi connectivity index (χ0) is 102. The number of nitrogens with zero attached hydrogens (tertiary/aromatic N) is 3. The van der Waals surface area contributed by atoms with E-state index in [1.807, 2.05) is 0 Å². The molecule has 0 aromatic heterocycles. The molecule has 55 heteroatoms. The highest BCUT2D eigenvalue weighted by atomic mass is 31.2. The third-order valence-electron chi connectivity index (χ3n) is 22.0. The summed E-state index contributed by atoms with van der Waals surface area (Å²) in [5, 5.41) is 93.8. The van der Waals surface area contributed by atoms with E-state index >= 15 is 0 Å². The molecule has 4 unspecified atom stereocenters. The second-order valence-electron chi connectivity index (χ2n) is 33.7. The number of nitrogens with two attached hydrogens (primary N) is 2. The standard InChI is InChI=1S/C83H130N23O29P3/c1-51(107)26-39-136(130,131)48-104-33-35-105(49-137(132,133)40-27-66(110)94-58(80(126)127)22-24-64(108)88-29-10-8-18-56-74(120)98-54(20-12-31-90-82(84)85)72(118)92-46-68(112)96-62(44-70(114)115)78(124)102-60(76(122)100-56)42-52-14-4-2-5-15-52)37-38-106(36-34-104)50-138(134,135)41-28-67(111)95-59(81(128)129)23-25-65(109)89-30-11-9-19-57-75(121)99-55(21-13-32-91-83(86)87)73(119)93-47-69(113)97-63(45-71(116)117)79(125)103-61(77(123)101-57)43-53-16-6-3-7-17-53/h2-7,14-17,54-63H,8-13,18-50H2,1H3,(H,88,108)(H,89,109)(H,92,118)(H,93,119)(H,94,110)(H,95,111)(H,96,112)(H,97,113)(H,98,120)(H,99,121)(H,100,122)(H,101,123)(H,102,124)(H,103,125)(H,114,115)(H,116,117)(H,126,127)(H,128,129)(H,130,131)(H,132,133)(H,134,135)(H4,84,85,90)(H4,86,87,91)/t54-,55-,56-,57-,58-,59?,60+,61+,62-,63-/m0/s1. The Morgan fingerprint density at radius 1 is 0.384 bits per heavy atom. The number of benzene rings is 2. The topological polar surface area (TPSA) is 819 Å². The maximum atomic E-state index is 14.2. The Kier molecular flexibility index (Phi) is 50.2. The molecule has 0 spiro atoms. The molecule has 3 saturated heterocycles. The SMILES string of the molecule is CC(=O)CCP(=O)(O)CN1CCN(CP(=O)(O)CCC(=O)NC(CCC(=O)NCCCC[C@@H]2NC(=O)[C@@H](Cc3ccccc3)NC(=O)[C@H](CC(=O)O)NC(=O)CNC(=O)[C@H](CCCNC(=N)N)NC2=O)C(=O)O)CCN(CP(=O)(O)CCC(=O)N[C@@H](CCC(=O)NCCCC[C@@H]2NC(=O)[C@@H](Cc3ccccc3)NC(=O)[C@H](CC(=O)O)NC(=O)CNC(=O)[C@H](CCCNC(=N)N)NC2=O)C(=O)O)CC1. The van der Waals surface area contributed by atoms with Gasteiger partial charge in [0.05, 0.1) is 44.8 Å². The number of Topliss-reactive ketones (excluding diaryl/α,β-unsaturated/α-hetero) is 1. The van der Waals surface area contributed by atoms with Crippen molar-refractivity contribution in [2.45, 2.75) is 202 Å². The van der Waals surface area contributed by atoms with Gasteiger partial charge < -0.3 is 136 Å². The Labute approximate surface area is 794 Å². The van der Waals surface area contributed by atoms with E-state index in [-0.39, 0.29) is 167 Å².